The molecular weight excluding hydrogens is 576 g/mol. The van der Waals surface area contributed by atoms with Gasteiger partial charge in [-0.05, 0) is 42.6 Å². The van der Waals surface area contributed by atoms with Crippen LogP contribution in [-0.4, -0.2) is 95.7 Å². The number of rotatable bonds is 11. The average Bonchev–Trinajstić information content (AvgIpc) is 3.66. The van der Waals surface area contributed by atoms with Crippen LogP contribution in [-0.2, 0) is 20.3 Å². The van der Waals surface area contributed by atoms with Gasteiger partial charge in [-0.2, -0.15) is 14.7 Å². The molecule has 0 atom stereocenters. The molecule has 2 aliphatic rings. The Hall–Kier alpha value is -3.61. The van der Waals surface area contributed by atoms with E-state index in [4.69, 9.17) is 19.4 Å². The largest absolute Gasteiger partial charge is 0.492 e. The molecule has 2 aliphatic heterocycles. The molecule has 2 fully saturated rings. The molecule has 0 unspecified atom stereocenters. The lowest BCUT2D eigenvalue weighted by atomic mass is 9.89. The van der Waals surface area contributed by atoms with E-state index >= 15 is 0 Å². The van der Waals surface area contributed by atoms with Crippen LogP contribution in [0.3, 0.4) is 0 Å². The fraction of sp³-hybridized carbons (Fsp3) is 0.429. The number of sulfonamides is 1. The molecule has 0 spiro atoms. The first-order chi connectivity index (χ1) is 20.4. The summed E-state index contributed by atoms with van der Waals surface area (Å²) in [5.74, 6) is 1.27. The van der Waals surface area contributed by atoms with Crippen molar-refractivity contribution in [1.82, 2.24) is 29.0 Å². The Morgan fingerprint density at radius 1 is 1.17 bits per heavy atom. The summed E-state index contributed by atoms with van der Waals surface area (Å²) in [6, 6.07) is 11.9. The van der Waals surface area contributed by atoms with Crippen LogP contribution in [0.15, 0.2) is 48.1 Å². The molecule has 6 rings (SSSR count). The number of ether oxygens (including phenoxy) is 2. The van der Waals surface area contributed by atoms with Gasteiger partial charge in [0.25, 0.3) is 0 Å². The van der Waals surface area contributed by atoms with E-state index in [0.717, 1.165) is 65.8 Å². The molecule has 12 nitrogen and oxygen atoms in total. The highest BCUT2D eigenvalue weighted by Crippen LogP contribution is 2.37. The topological polar surface area (TPSA) is 138 Å². The van der Waals surface area contributed by atoms with Crippen molar-refractivity contribution in [3.63, 3.8) is 0 Å². The Labute approximate surface area is 248 Å². The van der Waals surface area contributed by atoms with Gasteiger partial charge in [-0.25, -0.2) is 18.4 Å². The van der Waals surface area contributed by atoms with Gasteiger partial charge >= 0.3 is 0 Å². The SMILES string of the molecule is CCS(=O)(=O)N1CC(CC#N)(n2cc(-c3nc(Nc4ccc(OCCN5CCOCC5)cc4)nc4ccsc34)cn2)C1. The van der Waals surface area contributed by atoms with E-state index in [1.165, 1.54) is 4.31 Å². The number of nitrogens with zero attached hydrogens (tertiary/aromatic N) is 7. The molecular formula is C28H32N8O4S2. The third-order valence-corrected chi connectivity index (χ3v) is 10.3. The van der Waals surface area contributed by atoms with Gasteiger partial charge in [0.2, 0.25) is 16.0 Å². The second-order valence-corrected chi connectivity index (χ2v) is 13.6. The molecule has 0 saturated carbocycles. The zero-order valence-corrected chi connectivity index (χ0v) is 24.9. The number of aromatic nitrogens is 4. The van der Waals surface area contributed by atoms with Crippen molar-refractivity contribution < 1.29 is 17.9 Å². The Kier molecular flexibility index (Phi) is 8.11. The number of thiophene rings is 1. The van der Waals surface area contributed by atoms with Crippen LogP contribution in [0.2, 0.25) is 0 Å². The van der Waals surface area contributed by atoms with Gasteiger partial charge in [0.15, 0.2) is 0 Å². The Balaban J connectivity index is 1.17. The summed E-state index contributed by atoms with van der Waals surface area (Å²) >= 11 is 1.54. The third kappa shape index (κ3) is 5.83. The fourth-order valence-corrected chi connectivity index (χ4v) is 7.26. The maximum absolute atomic E-state index is 12.3. The van der Waals surface area contributed by atoms with Gasteiger partial charge in [-0.1, -0.05) is 0 Å². The highest BCUT2D eigenvalue weighted by Gasteiger charge is 2.49. The van der Waals surface area contributed by atoms with E-state index in [0.29, 0.717) is 12.6 Å². The predicted octanol–water partition coefficient (Wildman–Crippen LogP) is 3.28. The standard InChI is InChI=1S/C28H32N8O4S2/c1-2-42(37,38)35-19-28(20-35,8-9-29)36-18-21(17-30-36)25-26-24(7-16-41-26)32-27(33-25)31-22-3-5-23(6-4-22)40-15-12-34-10-13-39-14-11-34/h3-7,16-18H,2,8,10-15,19-20H2,1H3,(H,31,32,33). The molecule has 2 saturated heterocycles. The highest BCUT2D eigenvalue weighted by molar-refractivity contribution is 7.89. The molecule has 0 aliphatic carbocycles. The smallest absolute Gasteiger partial charge is 0.228 e. The molecule has 0 radical (unpaired) electrons. The number of benzene rings is 1. The first kappa shape index (κ1) is 28.5. The number of morpholine rings is 1. The quantitative estimate of drug-likeness (QED) is 0.270. The van der Waals surface area contributed by atoms with Crippen LogP contribution in [0.25, 0.3) is 21.5 Å². The first-order valence-electron chi connectivity index (χ1n) is 13.8. The Bertz CT molecular complexity index is 1680. The maximum atomic E-state index is 12.3. The van der Waals surface area contributed by atoms with E-state index in [9.17, 15) is 13.7 Å². The van der Waals surface area contributed by atoms with Crippen LogP contribution in [0.1, 0.15) is 13.3 Å². The molecule has 3 aromatic heterocycles. The van der Waals surface area contributed by atoms with Gasteiger partial charge in [0.1, 0.15) is 17.9 Å². The summed E-state index contributed by atoms with van der Waals surface area (Å²) in [4.78, 5) is 11.9. The van der Waals surface area contributed by atoms with E-state index in [1.807, 2.05) is 41.9 Å². The highest BCUT2D eigenvalue weighted by atomic mass is 32.2. The minimum atomic E-state index is -3.33. The summed E-state index contributed by atoms with van der Waals surface area (Å²) < 4.78 is 40.0. The lowest BCUT2D eigenvalue weighted by molar-refractivity contribution is 0.0322. The van der Waals surface area contributed by atoms with Crippen LogP contribution in [0, 0.1) is 11.3 Å². The van der Waals surface area contributed by atoms with Crippen molar-refractivity contribution in [2.45, 2.75) is 18.9 Å². The van der Waals surface area contributed by atoms with Crippen molar-refractivity contribution in [1.29, 1.82) is 5.26 Å². The van der Waals surface area contributed by atoms with Gasteiger partial charge in [-0.3, -0.25) is 9.58 Å². The molecule has 220 valence electrons. The van der Waals surface area contributed by atoms with E-state index in [2.05, 4.69) is 21.4 Å². The lowest BCUT2D eigenvalue weighted by Gasteiger charge is -2.47. The van der Waals surface area contributed by atoms with E-state index in [-0.39, 0.29) is 25.3 Å². The fourth-order valence-electron chi connectivity index (χ4n) is 5.17. The van der Waals surface area contributed by atoms with Crippen molar-refractivity contribution in [2.24, 2.45) is 0 Å². The number of fused-ring (bicyclic) bond motifs is 1. The molecule has 42 heavy (non-hydrogen) atoms. The van der Waals surface area contributed by atoms with Crippen molar-refractivity contribution >= 4 is 43.2 Å². The first-order valence-corrected chi connectivity index (χ1v) is 16.3. The molecule has 0 bridgehead atoms. The zero-order chi connectivity index (χ0) is 29.2. The minimum absolute atomic E-state index is 0.0255. The van der Waals surface area contributed by atoms with E-state index < -0.39 is 15.6 Å². The van der Waals surface area contributed by atoms with Gasteiger partial charge < -0.3 is 14.8 Å². The molecule has 5 heterocycles. The van der Waals surface area contributed by atoms with Crippen LogP contribution < -0.4 is 10.1 Å². The third-order valence-electron chi connectivity index (χ3n) is 7.64. The molecule has 1 N–H and O–H groups in total. The number of nitrogens with one attached hydrogen (secondary N) is 1. The van der Waals surface area contributed by atoms with Crippen molar-refractivity contribution in [2.75, 3.05) is 63.6 Å². The summed E-state index contributed by atoms with van der Waals surface area (Å²) in [6.45, 7) is 6.96. The number of hydrogen-bond donors (Lipinski definition) is 1. The predicted molar refractivity (Wildman–Crippen MR) is 160 cm³/mol. The Morgan fingerprint density at radius 3 is 2.69 bits per heavy atom. The van der Waals surface area contributed by atoms with Crippen LogP contribution in [0.4, 0.5) is 11.6 Å². The molecule has 1 aromatic carbocycles. The maximum Gasteiger partial charge on any atom is 0.228 e. The molecule has 0 amide bonds. The van der Waals surface area contributed by atoms with Gasteiger partial charge in [0.05, 0.1) is 53.6 Å². The average molecular weight is 609 g/mol. The monoisotopic (exact) mass is 608 g/mol. The number of nitriles is 1. The van der Waals surface area contributed by atoms with Gasteiger partial charge in [0, 0.05) is 50.2 Å². The summed E-state index contributed by atoms with van der Waals surface area (Å²) in [6.07, 6.45) is 3.72. The molecule has 4 aromatic rings. The van der Waals surface area contributed by atoms with Gasteiger partial charge in [-0.15, -0.1) is 11.3 Å². The zero-order valence-electron chi connectivity index (χ0n) is 23.3. The van der Waals surface area contributed by atoms with Crippen LogP contribution in [0.5, 0.6) is 5.75 Å². The summed E-state index contributed by atoms with van der Waals surface area (Å²) in [5.41, 5.74) is 2.41. The second kappa shape index (κ2) is 11.9. The van der Waals surface area contributed by atoms with Crippen molar-refractivity contribution in [3.05, 3.63) is 48.1 Å². The second-order valence-electron chi connectivity index (χ2n) is 10.4. The number of hydrogen-bond acceptors (Lipinski definition) is 11. The normalized spacial score (nSPS) is 17.5. The summed E-state index contributed by atoms with van der Waals surface area (Å²) in [5, 5.41) is 19.3. The Morgan fingerprint density at radius 2 is 1.95 bits per heavy atom. The van der Waals surface area contributed by atoms with E-state index in [1.54, 1.807) is 29.1 Å². The van der Waals surface area contributed by atoms with Crippen LogP contribution >= 0.6 is 11.3 Å². The summed E-state index contributed by atoms with van der Waals surface area (Å²) in [7, 11) is -3.33. The number of anilines is 2. The molecule has 14 heteroatoms. The minimum Gasteiger partial charge on any atom is -0.492 e. The lowest BCUT2D eigenvalue weighted by Crippen LogP contribution is -2.64. The van der Waals surface area contributed by atoms with Crippen molar-refractivity contribution in [3.8, 4) is 23.1 Å².